The molecule has 1 aromatic rings. The molecular weight excluding hydrogens is 242 g/mol. The number of nitrogens with one attached hydrogen (secondary N) is 1. The van der Waals surface area contributed by atoms with Crippen molar-refractivity contribution in [1.29, 1.82) is 0 Å². The van der Waals surface area contributed by atoms with E-state index in [1.165, 1.54) is 5.56 Å². The fraction of sp³-hybridized carbons (Fsp3) is 0.733. The Labute approximate surface area is 115 Å². The van der Waals surface area contributed by atoms with Gasteiger partial charge in [0.1, 0.15) is 11.5 Å². The van der Waals surface area contributed by atoms with E-state index in [4.69, 9.17) is 13.9 Å². The standard InChI is InChI=1S/C15H25NO3/c1-3-6-16-10-15-9-13(12(2)19-15)11-18-14-4-7-17-8-5-14/h9,14,16H,3-8,10-11H2,1-2H3. The van der Waals surface area contributed by atoms with Crippen LogP contribution in [-0.2, 0) is 22.6 Å². The van der Waals surface area contributed by atoms with Crippen LogP contribution >= 0.6 is 0 Å². The minimum atomic E-state index is 0.338. The molecule has 0 radical (unpaired) electrons. The van der Waals surface area contributed by atoms with E-state index in [0.717, 1.165) is 57.1 Å². The molecule has 108 valence electrons. The number of hydrogen-bond donors (Lipinski definition) is 1. The Morgan fingerprint density at radius 1 is 1.37 bits per heavy atom. The van der Waals surface area contributed by atoms with Crippen LogP contribution in [0.15, 0.2) is 10.5 Å². The molecule has 1 aromatic heterocycles. The average molecular weight is 267 g/mol. The first-order valence-electron chi connectivity index (χ1n) is 7.28. The van der Waals surface area contributed by atoms with Crippen molar-refractivity contribution in [1.82, 2.24) is 5.32 Å². The number of ether oxygens (including phenoxy) is 2. The van der Waals surface area contributed by atoms with Gasteiger partial charge in [-0.3, -0.25) is 0 Å². The summed E-state index contributed by atoms with van der Waals surface area (Å²) in [5, 5.41) is 3.35. The summed E-state index contributed by atoms with van der Waals surface area (Å²) in [6.07, 6.45) is 3.48. The SMILES string of the molecule is CCCNCc1cc(COC2CCOCC2)c(C)o1. The van der Waals surface area contributed by atoms with Crippen molar-refractivity contribution < 1.29 is 13.9 Å². The lowest BCUT2D eigenvalue weighted by atomic mass is 10.1. The summed E-state index contributed by atoms with van der Waals surface area (Å²) in [5.74, 6) is 1.97. The fourth-order valence-electron chi connectivity index (χ4n) is 2.26. The zero-order valence-corrected chi connectivity index (χ0v) is 12.0. The van der Waals surface area contributed by atoms with E-state index in [-0.39, 0.29) is 0 Å². The lowest BCUT2D eigenvalue weighted by molar-refractivity contribution is -0.0393. The van der Waals surface area contributed by atoms with Crippen LogP contribution in [0.5, 0.6) is 0 Å². The van der Waals surface area contributed by atoms with Crippen LogP contribution in [0.3, 0.4) is 0 Å². The Kier molecular flexibility index (Phi) is 5.89. The first-order chi connectivity index (χ1) is 9.29. The molecule has 0 unspecified atom stereocenters. The zero-order chi connectivity index (χ0) is 13.5. The molecule has 1 aliphatic heterocycles. The van der Waals surface area contributed by atoms with Gasteiger partial charge in [0.25, 0.3) is 0 Å². The van der Waals surface area contributed by atoms with Gasteiger partial charge >= 0.3 is 0 Å². The van der Waals surface area contributed by atoms with Crippen LogP contribution in [0.4, 0.5) is 0 Å². The summed E-state index contributed by atoms with van der Waals surface area (Å²) in [7, 11) is 0. The van der Waals surface area contributed by atoms with Gasteiger partial charge < -0.3 is 19.2 Å². The highest BCUT2D eigenvalue weighted by Crippen LogP contribution is 2.18. The summed E-state index contributed by atoms with van der Waals surface area (Å²) in [6.45, 7) is 8.27. The topological polar surface area (TPSA) is 43.6 Å². The smallest absolute Gasteiger partial charge is 0.118 e. The molecule has 1 saturated heterocycles. The number of furan rings is 1. The Bertz CT molecular complexity index is 369. The first-order valence-corrected chi connectivity index (χ1v) is 7.28. The predicted molar refractivity (Wildman–Crippen MR) is 74.1 cm³/mol. The Morgan fingerprint density at radius 3 is 2.89 bits per heavy atom. The van der Waals surface area contributed by atoms with Crippen molar-refractivity contribution in [3.63, 3.8) is 0 Å². The quantitative estimate of drug-likeness (QED) is 0.771. The highest BCUT2D eigenvalue weighted by atomic mass is 16.5. The first kappa shape index (κ1) is 14.6. The van der Waals surface area contributed by atoms with E-state index in [1.807, 2.05) is 6.92 Å². The van der Waals surface area contributed by atoms with Crippen LogP contribution in [0.25, 0.3) is 0 Å². The summed E-state index contributed by atoms with van der Waals surface area (Å²) in [5.41, 5.74) is 1.17. The zero-order valence-electron chi connectivity index (χ0n) is 12.0. The maximum atomic E-state index is 5.93. The summed E-state index contributed by atoms with van der Waals surface area (Å²) >= 11 is 0. The average Bonchev–Trinajstić information content (AvgIpc) is 2.78. The molecule has 2 rings (SSSR count). The van der Waals surface area contributed by atoms with Crippen LogP contribution < -0.4 is 5.32 Å². The molecule has 0 amide bonds. The van der Waals surface area contributed by atoms with E-state index in [9.17, 15) is 0 Å². The Morgan fingerprint density at radius 2 is 2.16 bits per heavy atom. The highest BCUT2D eigenvalue weighted by Gasteiger charge is 2.15. The van der Waals surface area contributed by atoms with E-state index >= 15 is 0 Å². The second kappa shape index (κ2) is 7.68. The lowest BCUT2D eigenvalue weighted by Crippen LogP contribution is -2.23. The third kappa shape index (κ3) is 4.64. The molecule has 0 aromatic carbocycles. The maximum Gasteiger partial charge on any atom is 0.118 e. The number of hydrogen-bond acceptors (Lipinski definition) is 4. The predicted octanol–water partition coefficient (Wildman–Crippen LogP) is 2.78. The van der Waals surface area contributed by atoms with Gasteiger partial charge in [0, 0.05) is 18.8 Å². The van der Waals surface area contributed by atoms with Crippen LogP contribution in [0.1, 0.15) is 43.3 Å². The number of rotatable bonds is 7. The van der Waals surface area contributed by atoms with Gasteiger partial charge in [-0.25, -0.2) is 0 Å². The van der Waals surface area contributed by atoms with Gasteiger partial charge in [0.2, 0.25) is 0 Å². The molecule has 0 spiro atoms. The second-order valence-corrected chi connectivity index (χ2v) is 5.09. The summed E-state index contributed by atoms with van der Waals surface area (Å²) in [6, 6.07) is 2.11. The molecule has 0 aliphatic carbocycles. The van der Waals surface area contributed by atoms with Crippen molar-refractivity contribution in [3.05, 3.63) is 23.2 Å². The maximum absolute atomic E-state index is 5.93. The molecule has 19 heavy (non-hydrogen) atoms. The van der Waals surface area contributed by atoms with Gasteiger partial charge in [-0.05, 0) is 38.8 Å². The molecule has 0 saturated carbocycles. The summed E-state index contributed by atoms with van der Waals surface area (Å²) < 4.78 is 17.0. The molecule has 4 heteroatoms. The van der Waals surface area contributed by atoms with Crippen molar-refractivity contribution in [3.8, 4) is 0 Å². The van der Waals surface area contributed by atoms with Crippen molar-refractivity contribution in [2.75, 3.05) is 19.8 Å². The van der Waals surface area contributed by atoms with E-state index in [2.05, 4.69) is 18.3 Å². The fourth-order valence-corrected chi connectivity index (χ4v) is 2.26. The third-order valence-electron chi connectivity index (χ3n) is 3.44. The molecule has 2 heterocycles. The highest BCUT2D eigenvalue weighted by molar-refractivity contribution is 5.20. The van der Waals surface area contributed by atoms with E-state index in [1.54, 1.807) is 0 Å². The van der Waals surface area contributed by atoms with Crippen molar-refractivity contribution >= 4 is 0 Å². The molecule has 1 N–H and O–H groups in total. The Balaban J connectivity index is 1.78. The van der Waals surface area contributed by atoms with E-state index in [0.29, 0.717) is 12.7 Å². The molecule has 1 aliphatic rings. The third-order valence-corrected chi connectivity index (χ3v) is 3.44. The van der Waals surface area contributed by atoms with Crippen molar-refractivity contribution in [2.24, 2.45) is 0 Å². The largest absolute Gasteiger partial charge is 0.465 e. The molecule has 1 fully saturated rings. The monoisotopic (exact) mass is 267 g/mol. The normalized spacial score (nSPS) is 16.9. The van der Waals surface area contributed by atoms with Gasteiger partial charge in [-0.1, -0.05) is 6.92 Å². The molecule has 4 nitrogen and oxygen atoms in total. The van der Waals surface area contributed by atoms with E-state index < -0.39 is 0 Å². The van der Waals surface area contributed by atoms with Gasteiger partial charge in [-0.15, -0.1) is 0 Å². The Hall–Kier alpha value is -0.840. The van der Waals surface area contributed by atoms with Gasteiger partial charge in [-0.2, -0.15) is 0 Å². The van der Waals surface area contributed by atoms with Crippen LogP contribution in [0.2, 0.25) is 0 Å². The lowest BCUT2D eigenvalue weighted by Gasteiger charge is -2.22. The van der Waals surface area contributed by atoms with Gasteiger partial charge in [0.15, 0.2) is 0 Å². The minimum Gasteiger partial charge on any atom is -0.465 e. The van der Waals surface area contributed by atoms with Gasteiger partial charge in [0.05, 0.1) is 19.3 Å². The molecule has 0 bridgehead atoms. The minimum absolute atomic E-state index is 0.338. The molecular formula is C15H25NO3. The van der Waals surface area contributed by atoms with Crippen molar-refractivity contribution in [2.45, 2.75) is 52.4 Å². The second-order valence-electron chi connectivity index (χ2n) is 5.09. The molecule has 0 atom stereocenters. The summed E-state index contributed by atoms with van der Waals surface area (Å²) in [4.78, 5) is 0. The number of aryl methyl sites for hydroxylation is 1. The van der Waals surface area contributed by atoms with Crippen LogP contribution in [0, 0.1) is 6.92 Å². The van der Waals surface area contributed by atoms with Crippen LogP contribution in [-0.4, -0.2) is 25.9 Å².